The van der Waals surface area contributed by atoms with E-state index in [9.17, 15) is 9.90 Å². The first-order valence-corrected chi connectivity index (χ1v) is 9.88. The molecule has 1 aliphatic rings. The fourth-order valence-corrected chi connectivity index (χ4v) is 2.58. The highest BCUT2D eigenvalue weighted by Crippen LogP contribution is 2.26. The molecule has 0 bridgehead atoms. The van der Waals surface area contributed by atoms with Gasteiger partial charge in [0.05, 0.1) is 19.4 Å². The summed E-state index contributed by atoms with van der Waals surface area (Å²) in [5, 5.41) is 18.5. The number of hydrogen-bond acceptors (Lipinski definition) is 9. The number of amidine groups is 1. The van der Waals surface area contributed by atoms with Crippen molar-refractivity contribution in [3.05, 3.63) is 35.9 Å². The van der Waals surface area contributed by atoms with Crippen LogP contribution >= 0.6 is 0 Å². The molecular formula is C20H30N6O4. The van der Waals surface area contributed by atoms with Gasteiger partial charge in [-0.1, -0.05) is 6.92 Å². The summed E-state index contributed by atoms with van der Waals surface area (Å²) in [4.78, 5) is 25.2. The first-order chi connectivity index (χ1) is 14.7. The number of aliphatic hydroxyl groups excluding tert-OH is 1. The lowest BCUT2D eigenvalue weighted by molar-refractivity contribution is -0.102. The van der Waals surface area contributed by atoms with E-state index in [2.05, 4.69) is 38.3 Å². The third-order valence-electron chi connectivity index (χ3n) is 4.02. The predicted molar refractivity (Wildman–Crippen MR) is 117 cm³/mol. The normalized spacial score (nSPS) is 13.9. The van der Waals surface area contributed by atoms with Crippen LogP contribution in [0.3, 0.4) is 0 Å². The number of aliphatic hydroxyl groups is 1. The Kier molecular flexibility index (Phi) is 10.3. The Morgan fingerprint density at radius 1 is 1.30 bits per heavy atom. The van der Waals surface area contributed by atoms with Crippen LogP contribution in [0.4, 0.5) is 11.5 Å². The molecule has 0 saturated heterocycles. The summed E-state index contributed by atoms with van der Waals surface area (Å²) in [5.41, 5.74) is 4.89. The van der Waals surface area contributed by atoms with Crippen molar-refractivity contribution in [1.82, 2.24) is 21.1 Å². The van der Waals surface area contributed by atoms with Crippen molar-refractivity contribution in [2.45, 2.75) is 13.3 Å². The number of allylic oxidation sites excluding steroid dienone is 2. The van der Waals surface area contributed by atoms with E-state index in [1.807, 2.05) is 12.1 Å². The second-order valence-electron chi connectivity index (χ2n) is 6.34. The molecule has 0 fully saturated rings. The minimum absolute atomic E-state index is 0.121. The van der Waals surface area contributed by atoms with Crippen LogP contribution in [0.2, 0.25) is 0 Å². The van der Waals surface area contributed by atoms with Crippen LogP contribution < -0.4 is 21.4 Å². The Morgan fingerprint density at radius 3 is 2.87 bits per heavy atom. The fraction of sp³-hybridized carbons (Fsp3) is 0.450. The molecule has 0 unspecified atom stereocenters. The van der Waals surface area contributed by atoms with Gasteiger partial charge in [-0.25, -0.2) is 15.5 Å². The number of hydrogen-bond donors (Lipinski definition) is 5. The van der Waals surface area contributed by atoms with Crippen LogP contribution in [0.15, 0.2) is 35.2 Å². The highest BCUT2D eigenvalue weighted by molar-refractivity contribution is 6.27. The zero-order chi connectivity index (χ0) is 21.6. The van der Waals surface area contributed by atoms with Crippen molar-refractivity contribution in [3.8, 4) is 0 Å². The number of carbonyl (C=O) groups is 1. The Hall–Kier alpha value is -2.95. The lowest BCUT2D eigenvalue weighted by Crippen LogP contribution is -2.32. The summed E-state index contributed by atoms with van der Waals surface area (Å²) in [5.74, 6) is 0.860. The van der Waals surface area contributed by atoms with E-state index in [0.29, 0.717) is 57.2 Å². The number of hydroxylamine groups is 1. The SMILES string of the molecule is CCCOCCNc1nc(C2=CC=C(O)NC2)ccc1/N=C(\C=O)NCCNOC. The van der Waals surface area contributed by atoms with Crippen LogP contribution in [0.5, 0.6) is 0 Å². The van der Waals surface area contributed by atoms with E-state index in [4.69, 9.17) is 9.57 Å². The van der Waals surface area contributed by atoms with Gasteiger partial charge in [0, 0.05) is 32.8 Å². The number of rotatable bonds is 13. The van der Waals surface area contributed by atoms with Crippen molar-refractivity contribution in [2.24, 2.45) is 4.99 Å². The summed E-state index contributed by atoms with van der Waals surface area (Å²) in [6.07, 6.45) is 5.01. The minimum atomic E-state index is 0.121. The van der Waals surface area contributed by atoms with Gasteiger partial charge in [-0.3, -0.25) is 4.79 Å². The second-order valence-corrected chi connectivity index (χ2v) is 6.34. The highest BCUT2D eigenvalue weighted by Gasteiger charge is 2.12. The first kappa shape index (κ1) is 23.3. The lowest BCUT2D eigenvalue weighted by Gasteiger charge is -2.15. The van der Waals surface area contributed by atoms with Crippen molar-refractivity contribution >= 4 is 29.2 Å². The van der Waals surface area contributed by atoms with Gasteiger partial charge in [-0.15, -0.1) is 0 Å². The van der Waals surface area contributed by atoms with Gasteiger partial charge in [0.2, 0.25) is 0 Å². The Balaban J connectivity index is 2.19. The molecule has 5 N–H and O–H groups in total. The zero-order valence-corrected chi connectivity index (χ0v) is 17.4. The molecule has 0 aromatic carbocycles. The summed E-state index contributed by atoms with van der Waals surface area (Å²) in [6.45, 7) is 5.29. The number of aldehydes is 1. The molecule has 0 amide bonds. The maximum absolute atomic E-state index is 11.4. The molecule has 2 heterocycles. The smallest absolute Gasteiger partial charge is 0.185 e. The van der Waals surface area contributed by atoms with Crippen LogP contribution in [0.25, 0.3) is 5.57 Å². The molecule has 1 aliphatic heterocycles. The standard InChI is InChI=1S/C20H30N6O4/c1-3-11-30-12-10-22-20-17(25-18(14-27)21-8-9-24-29-2)6-5-16(26-20)15-4-7-19(28)23-13-15/h4-7,14,23-24,28H,3,8-13H2,1-2H3,(H,21,25)(H,22,26). The van der Waals surface area contributed by atoms with E-state index in [-0.39, 0.29) is 11.7 Å². The molecule has 2 rings (SSSR count). The number of aromatic nitrogens is 1. The van der Waals surface area contributed by atoms with E-state index in [1.54, 1.807) is 12.1 Å². The average molecular weight is 418 g/mol. The molecule has 0 spiro atoms. The highest BCUT2D eigenvalue weighted by atomic mass is 16.6. The molecule has 0 radical (unpaired) electrons. The second kappa shape index (κ2) is 13.3. The molecule has 0 atom stereocenters. The third kappa shape index (κ3) is 7.82. The fourth-order valence-electron chi connectivity index (χ4n) is 2.58. The number of dihydropyridines is 1. The van der Waals surface area contributed by atoms with Crippen molar-refractivity contribution in [3.63, 3.8) is 0 Å². The van der Waals surface area contributed by atoms with E-state index in [0.717, 1.165) is 17.7 Å². The van der Waals surface area contributed by atoms with E-state index in [1.165, 1.54) is 7.11 Å². The van der Waals surface area contributed by atoms with Crippen LogP contribution in [0, 0.1) is 0 Å². The van der Waals surface area contributed by atoms with Gasteiger partial charge in [0.1, 0.15) is 5.69 Å². The minimum Gasteiger partial charge on any atom is -0.495 e. The van der Waals surface area contributed by atoms with Gasteiger partial charge in [0.25, 0.3) is 0 Å². The number of nitrogens with one attached hydrogen (secondary N) is 4. The largest absolute Gasteiger partial charge is 0.495 e. The van der Waals surface area contributed by atoms with Crippen molar-refractivity contribution in [1.29, 1.82) is 0 Å². The Labute approximate surface area is 176 Å². The molecular weight excluding hydrogens is 388 g/mol. The lowest BCUT2D eigenvalue weighted by atomic mass is 10.1. The summed E-state index contributed by atoms with van der Waals surface area (Å²) in [6, 6.07) is 3.63. The van der Waals surface area contributed by atoms with Gasteiger partial charge >= 0.3 is 0 Å². The Bertz CT molecular complexity index is 779. The predicted octanol–water partition coefficient (Wildman–Crippen LogP) is 1.28. The van der Waals surface area contributed by atoms with Gasteiger partial charge in [-0.2, -0.15) is 0 Å². The number of ether oxygens (including phenoxy) is 1. The first-order valence-electron chi connectivity index (χ1n) is 9.88. The molecule has 0 saturated carbocycles. The van der Waals surface area contributed by atoms with Gasteiger partial charge in [0.15, 0.2) is 23.8 Å². The number of carbonyl (C=O) groups excluding carboxylic acids is 1. The summed E-state index contributed by atoms with van der Waals surface area (Å²) >= 11 is 0. The topological polar surface area (TPSA) is 129 Å². The molecule has 164 valence electrons. The number of nitrogens with zero attached hydrogens (tertiary/aromatic N) is 2. The number of aliphatic imine (C=N–C) groups is 1. The molecule has 1 aromatic rings. The summed E-state index contributed by atoms with van der Waals surface area (Å²) in [7, 11) is 1.53. The maximum Gasteiger partial charge on any atom is 0.185 e. The average Bonchev–Trinajstić information content (AvgIpc) is 2.77. The molecule has 1 aromatic heterocycles. The maximum atomic E-state index is 11.4. The van der Waals surface area contributed by atoms with Crippen molar-refractivity contribution in [2.75, 3.05) is 51.8 Å². The monoisotopic (exact) mass is 418 g/mol. The van der Waals surface area contributed by atoms with Gasteiger partial charge < -0.3 is 30.6 Å². The molecule has 10 nitrogen and oxygen atoms in total. The molecule has 30 heavy (non-hydrogen) atoms. The van der Waals surface area contributed by atoms with Crippen LogP contribution in [-0.2, 0) is 14.4 Å². The van der Waals surface area contributed by atoms with Crippen LogP contribution in [-0.4, -0.2) is 68.7 Å². The van der Waals surface area contributed by atoms with E-state index < -0.39 is 0 Å². The van der Waals surface area contributed by atoms with Crippen molar-refractivity contribution < 1.29 is 19.5 Å². The quantitative estimate of drug-likeness (QED) is 0.106. The number of pyridine rings is 1. The van der Waals surface area contributed by atoms with Crippen LogP contribution in [0.1, 0.15) is 19.0 Å². The third-order valence-corrected chi connectivity index (χ3v) is 4.02. The van der Waals surface area contributed by atoms with Gasteiger partial charge in [-0.05, 0) is 36.3 Å². The van der Waals surface area contributed by atoms with E-state index >= 15 is 0 Å². The molecule has 10 heteroatoms. The zero-order valence-electron chi connectivity index (χ0n) is 17.4. The number of anilines is 1. The Morgan fingerprint density at radius 2 is 2.17 bits per heavy atom. The molecule has 0 aliphatic carbocycles. The summed E-state index contributed by atoms with van der Waals surface area (Å²) < 4.78 is 5.51.